The number of halogens is 1. The monoisotopic (exact) mass is 313 g/mol. The van der Waals surface area contributed by atoms with Crippen molar-refractivity contribution in [2.45, 2.75) is 38.8 Å². The zero-order valence-electron chi connectivity index (χ0n) is 10.9. The van der Waals surface area contributed by atoms with Gasteiger partial charge in [-0.05, 0) is 55.2 Å². The number of nitrogens with one attached hydrogen (secondary N) is 2. The number of aromatic nitrogens is 1. The molecule has 1 unspecified atom stereocenters. The highest BCUT2D eigenvalue weighted by atomic mass is 79.9. The van der Waals surface area contributed by atoms with Crippen molar-refractivity contribution in [1.82, 2.24) is 15.2 Å². The van der Waals surface area contributed by atoms with Gasteiger partial charge in [-0.3, -0.25) is 4.79 Å². The molecule has 2 N–H and O–H groups in total. The first-order valence-electron chi connectivity index (χ1n) is 6.47. The van der Waals surface area contributed by atoms with Crippen LogP contribution in [0.4, 0.5) is 0 Å². The number of nitrogens with zero attached hydrogens (tertiary/aromatic N) is 1. The first kappa shape index (κ1) is 13.6. The summed E-state index contributed by atoms with van der Waals surface area (Å²) in [6.45, 7) is 6.08. The fourth-order valence-corrected chi connectivity index (χ4v) is 2.73. The number of rotatable bonds is 3. The van der Waals surface area contributed by atoms with E-state index in [0.717, 1.165) is 36.1 Å². The third kappa shape index (κ3) is 3.14. The van der Waals surface area contributed by atoms with Crippen molar-refractivity contribution in [3.63, 3.8) is 0 Å². The lowest BCUT2D eigenvalue weighted by Crippen LogP contribution is -2.46. The molecule has 5 heteroatoms. The number of hydrogen-bond donors (Lipinski definition) is 2. The molecule has 2 heterocycles. The lowest BCUT2D eigenvalue weighted by atomic mass is 10.1. The van der Waals surface area contributed by atoms with E-state index in [-0.39, 0.29) is 18.0 Å². The summed E-state index contributed by atoms with van der Waals surface area (Å²) in [7, 11) is 0. The number of piperidine rings is 1. The molecule has 1 amide bonds. The number of hydrogen-bond acceptors (Lipinski definition) is 2. The Morgan fingerprint density at radius 1 is 1.61 bits per heavy atom. The van der Waals surface area contributed by atoms with Crippen LogP contribution in [0.15, 0.2) is 16.7 Å². The Bertz CT molecular complexity index is 422. The summed E-state index contributed by atoms with van der Waals surface area (Å²) in [5.74, 6) is 0.0168. The predicted molar refractivity (Wildman–Crippen MR) is 75.9 cm³/mol. The van der Waals surface area contributed by atoms with Crippen LogP contribution in [0.5, 0.6) is 0 Å². The van der Waals surface area contributed by atoms with Gasteiger partial charge in [-0.1, -0.05) is 0 Å². The highest BCUT2D eigenvalue weighted by molar-refractivity contribution is 9.10. The molecule has 1 atom stereocenters. The van der Waals surface area contributed by atoms with Crippen molar-refractivity contribution in [2.75, 3.05) is 13.1 Å². The maximum atomic E-state index is 12.3. The van der Waals surface area contributed by atoms with Gasteiger partial charge in [-0.2, -0.15) is 0 Å². The summed E-state index contributed by atoms with van der Waals surface area (Å²) < 4.78 is 2.94. The van der Waals surface area contributed by atoms with Gasteiger partial charge < -0.3 is 15.2 Å². The Labute approximate surface area is 116 Å². The van der Waals surface area contributed by atoms with Gasteiger partial charge in [0.15, 0.2) is 0 Å². The summed E-state index contributed by atoms with van der Waals surface area (Å²) in [4.78, 5) is 12.3. The first-order valence-corrected chi connectivity index (χ1v) is 7.26. The molecular formula is C13H20BrN3O. The van der Waals surface area contributed by atoms with E-state index >= 15 is 0 Å². The van der Waals surface area contributed by atoms with Crippen molar-refractivity contribution in [1.29, 1.82) is 0 Å². The van der Waals surface area contributed by atoms with Crippen LogP contribution in [0.25, 0.3) is 0 Å². The lowest BCUT2D eigenvalue weighted by Gasteiger charge is -2.24. The van der Waals surface area contributed by atoms with Crippen LogP contribution in [0.1, 0.15) is 43.2 Å². The van der Waals surface area contributed by atoms with Crippen LogP contribution >= 0.6 is 15.9 Å². The molecule has 0 aromatic carbocycles. The van der Waals surface area contributed by atoms with Crippen molar-refractivity contribution in [3.8, 4) is 0 Å². The van der Waals surface area contributed by atoms with Crippen LogP contribution in [0.3, 0.4) is 0 Å². The maximum absolute atomic E-state index is 12.3. The van der Waals surface area contributed by atoms with Gasteiger partial charge in [-0.25, -0.2) is 0 Å². The Hall–Kier alpha value is -0.810. The minimum Gasteiger partial charge on any atom is -0.347 e. The highest BCUT2D eigenvalue weighted by Gasteiger charge is 2.19. The third-order valence-corrected chi connectivity index (χ3v) is 3.67. The molecule has 0 aliphatic carbocycles. The average molecular weight is 314 g/mol. The summed E-state index contributed by atoms with van der Waals surface area (Å²) >= 11 is 3.43. The molecule has 4 nitrogen and oxygen atoms in total. The average Bonchev–Trinajstić information content (AvgIpc) is 2.73. The van der Waals surface area contributed by atoms with Crippen LogP contribution < -0.4 is 10.6 Å². The Morgan fingerprint density at radius 3 is 3.00 bits per heavy atom. The number of carbonyl (C=O) groups is 1. The summed E-state index contributed by atoms with van der Waals surface area (Å²) in [5.41, 5.74) is 0.724. The van der Waals surface area contributed by atoms with E-state index in [1.807, 2.05) is 16.8 Å². The fourth-order valence-electron chi connectivity index (χ4n) is 2.29. The van der Waals surface area contributed by atoms with Crippen molar-refractivity contribution in [3.05, 3.63) is 22.4 Å². The Kier molecular flexibility index (Phi) is 4.45. The minimum absolute atomic E-state index is 0.0168. The summed E-state index contributed by atoms with van der Waals surface area (Å²) in [6, 6.07) is 2.41. The largest absolute Gasteiger partial charge is 0.347 e. The van der Waals surface area contributed by atoms with E-state index in [2.05, 4.69) is 40.4 Å². The molecule has 1 aromatic heterocycles. The van der Waals surface area contributed by atoms with E-state index in [1.165, 1.54) is 0 Å². The molecule has 0 spiro atoms. The molecule has 0 saturated carbocycles. The molecule has 1 saturated heterocycles. The second-order valence-corrected chi connectivity index (χ2v) is 5.98. The zero-order chi connectivity index (χ0) is 13.1. The molecule has 1 fully saturated rings. The van der Waals surface area contributed by atoms with Crippen LogP contribution in [0.2, 0.25) is 0 Å². The molecule has 0 bridgehead atoms. The van der Waals surface area contributed by atoms with Crippen molar-refractivity contribution < 1.29 is 4.79 Å². The predicted octanol–water partition coefficient (Wildman–Crippen LogP) is 2.31. The summed E-state index contributed by atoms with van der Waals surface area (Å²) in [6.07, 6.45) is 4.14. The normalized spacial score (nSPS) is 20.1. The van der Waals surface area contributed by atoms with E-state index in [0.29, 0.717) is 0 Å². The fraction of sp³-hybridized carbons (Fsp3) is 0.615. The van der Waals surface area contributed by atoms with E-state index in [4.69, 9.17) is 0 Å². The number of amides is 1. The topological polar surface area (TPSA) is 46.1 Å². The molecule has 100 valence electrons. The standard InChI is InChI=1S/C13H20BrN3O/c1-9(2)17-8-10(14)6-12(17)13(18)16-11-4-3-5-15-7-11/h6,8-9,11,15H,3-5,7H2,1-2H3,(H,16,18). The van der Waals surface area contributed by atoms with Gasteiger partial charge in [0, 0.05) is 29.3 Å². The van der Waals surface area contributed by atoms with Gasteiger partial charge in [-0.15, -0.1) is 0 Å². The Balaban J connectivity index is 2.08. The van der Waals surface area contributed by atoms with Gasteiger partial charge in [0.2, 0.25) is 0 Å². The van der Waals surface area contributed by atoms with Gasteiger partial charge in [0.1, 0.15) is 5.69 Å². The quantitative estimate of drug-likeness (QED) is 0.899. The second-order valence-electron chi connectivity index (χ2n) is 5.06. The number of carbonyl (C=O) groups excluding carboxylic acids is 1. The molecule has 2 rings (SSSR count). The Morgan fingerprint density at radius 2 is 2.39 bits per heavy atom. The third-order valence-electron chi connectivity index (χ3n) is 3.24. The SMILES string of the molecule is CC(C)n1cc(Br)cc1C(=O)NC1CCCNC1. The molecule has 0 radical (unpaired) electrons. The van der Waals surface area contributed by atoms with Gasteiger partial charge in [0.05, 0.1) is 0 Å². The molecular weight excluding hydrogens is 294 g/mol. The van der Waals surface area contributed by atoms with Gasteiger partial charge in [0.25, 0.3) is 5.91 Å². The first-order chi connectivity index (χ1) is 8.58. The van der Waals surface area contributed by atoms with E-state index in [9.17, 15) is 4.79 Å². The van der Waals surface area contributed by atoms with Crippen LogP contribution in [-0.2, 0) is 0 Å². The van der Waals surface area contributed by atoms with Crippen molar-refractivity contribution >= 4 is 21.8 Å². The highest BCUT2D eigenvalue weighted by Crippen LogP contribution is 2.19. The van der Waals surface area contributed by atoms with Crippen molar-refractivity contribution in [2.24, 2.45) is 0 Å². The van der Waals surface area contributed by atoms with Gasteiger partial charge >= 0.3 is 0 Å². The van der Waals surface area contributed by atoms with Crippen LogP contribution in [-0.4, -0.2) is 29.6 Å². The zero-order valence-corrected chi connectivity index (χ0v) is 12.5. The molecule has 18 heavy (non-hydrogen) atoms. The second kappa shape index (κ2) is 5.89. The molecule has 1 aliphatic rings. The van der Waals surface area contributed by atoms with Crippen LogP contribution in [0, 0.1) is 0 Å². The molecule has 1 aromatic rings. The maximum Gasteiger partial charge on any atom is 0.268 e. The smallest absolute Gasteiger partial charge is 0.268 e. The summed E-state index contributed by atoms with van der Waals surface area (Å²) in [5, 5.41) is 6.40. The minimum atomic E-state index is 0.0168. The van der Waals surface area contributed by atoms with E-state index in [1.54, 1.807) is 0 Å². The molecule has 1 aliphatic heterocycles. The van der Waals surface area contributed by atoms with E-state index < -0.39 is 0 Å². The lowest BCUT2D eigenvalue weighted by molar-refractivity contribution is 0.0920.